The van der Waals surface area contributed by atoms with E-state index in [4.69, 9.17) is 4.98 Å². The molecule has 0 N–H and O–H groups in total. The highest BCUT2D eigenvalue weighted by molar-refractivity contribution is 5.33. The number of likely N-dealkylation sites (tertiary alicyclic amines) is 1. The van der Waals surface area contributed by atoms with E-state index in [0.717, 1.165) is 29.9 Å². The van der Waals surface area contributed by atoms with Crippen LogP contribution in [0.15, 0.2) is 24.8 Å². The predicted octanol–water partition coefficient (Wildman–Crippen LogP) is 3.09. The molecule has 0 aromatic carbocycles. The number of aryl methyl sites for hydroxylation is 1. The summed E-state index contributed by atoms with van der Waals surface area (Å²) in [5, 5.41) is 0. The first-order valence-electron chi connectivity index (χ1n) is 8.88. The summed E-state index contributed by atoms with van der Waals surface area (Å²) in [5.41, 5.74) is 1.14. The molecule has 0 amide bonds. The SMILES string of the molecule is Cc1nccn1-c1nccnc1C1CCCN(C2CCCC2)C1. The Bertz CT molecular complexity index is 659. The zero-order chi connectivity index (χ0) is 15.6. The van der Waals surface area contributed by atoms with E-state index in [2.05, 4.69) is 19.4 Å². The van der Waals surface area contributed by atoms with E-state index in [0.29, 0.717) is 5.92 Å². The summed E-state index contributed by atoms with van der Waals surface area (Å²) < 4.78 is 2.07. The van der Waals surface area contributed by atoms with E-state index >= 15 is 0 Å². The summed E-state index contributed by atoms with van der Waals surface area (Å²) in [6, 6.07) is 0.799. The lowest BCUT2D eigenvalue weighted by molar-refractivity contribution is 0.148. The molecule has 1 aliphatic heterocycles. The first-order chi connectivity index (χ1) is 11.3. The number of hydrogen-bond donors (Lipinski definition) is 0. The van der Waals surface area contributed by atoms with Crippen LogP contribution >= 0.6 is 0 Å². The number of imidazole rings is 1. The Hall–Kier alpha value is -1.75. The fourth-order valence-electron chi connectivity index (χ4n) is 4.25. The van der Waals surface area contributed by atoms with Crippen LogP contribution in [0.25, 0.3) is 5.82 Å². The molecular formula is C18H25N5. The fourth-order valence-corrected chi connectivity index (χ4v) is 4.25. The third kappa shape index (κ3) is 2.90. The van der Waals surface area contributed by atoms with E-state index in [-0.39, 0.29) is 0 Å². The first kappa shape index (κ1) is 14.8. The van der Waals surface area contributed by atoms with Gasteiger partial charge in [-0.15, -0.1) is 0 Å². The van der Waals surface area contributed by atoms with Crippen molar-refractivity contribution in [1.29, 1.82) is 0 Å². The molecule has 1 unspecified atom stereocenters. The van der Waals surface area contributed by atoms with Crippen molar-refractivity contribution in [2.75, 3.05) is 13.1 Å². The molecule has 2 aromatic heterocycles. The van der Waals surface area contributed by atoms with Crippen LogP contribution in [0.1, 0.15) is 56.0 Å². The van der Waals surface area contributed by atoms with Gasteiger partial charge in [0.15, 0.2) is 5.82 Å². The fraction of sp³-hybridized carbons (Fsp3) is 0.611. The van der Waals surface area contributed by atoms with Crippen LogP contribution in [-0.2, 0) is 0 Å². The summed E-state index contributed by atoms with van der Waals surface area (Å²) in [5.74, 6) is 2.41. The van der Waals surface area contributed by atoms with Gasteiger partial charge in [-0.25, -0.2) is 9.97 Å². The molecule has 1 aliphatic carbocycles. The smallest absolute Gasteiger partial charge is 0.160 e. The van der Waals surface area contributed by atoms with Gasteiger partial charge in [0, 0.05) is 43.3 Å². The van der Waals surface area contributed by atoms with Crippen molar-refractivity contribution in [3.05, 3.63) is 36.3 Å². The third-order valence-electron chi connectivity index (χ3n) is 5.44. The molecule has 122 valence electrons. The van der Waals surface area contributed by atoms with Crippen LogP contribution in [0.5, 0.6) is 0 Å². The maximum absolute atomic E-state index is 4.72. The summed E-state index contributed by atoms with van der Waals surface area (Å²) in [4.78, 5) is 16.4. The lowest BCUT2D eigenvalue weighted by Gasteiger charge is -2.36. The van der Waals surface area contributed by atoms with Gasteiger partial charge < -0.3 is 0 Å². The van der Waals surface area contributed by atoms with E-state index in [1.807, 2.05) is 25.5 Å². The van der Waals surface area contributed by atoms with Crippen molar-refractivity contribution in [3.8, 4) is 5.82 Å². The van der Waals surface area contributed by atoms with Crippen molar-refractivity contribution in [3.63, 3.8) is 0 Å². The van der Waals surface area contributed by atoms with Crippen LogP contribution < -0.4 is 0 Å². The van der Waals surface area contributed by atoms with Crippen LogP contribution in [0, 0.1) is 6.92 Å². The second kappa shape index (κ2) is 6.40. The Morgan fingerprint density at radius 2 is 1.78 bits per heavy atom. The minimum atomic E-state index is 0.481. The van der Waals surface area contributed by atoms with Gasteiger partial charge in [0.05, 0.1) is 5.69 Å². The van der Waals surface area contributed by atoms with Gasteiger partial charge in [0.25, 0.3) is 0 Å². The lowest BCUT2D eigenvalue weighted by Crippen LogP contribution is -2.41. The van der Waals surface area contributed by atoms with E-state index < -0.39 is 0 Å². The molecule has 4 rings (SSSR count). The number of aromatic nitrogens is 4. The van der Waals surface area contributed by atoms with Crippen molar-refractivity contribution >= 4 is 0 Å². The molecule has 1 saturated heterocycles. The Balaban J connectivity index is 1.61. The van der Waals surface area contributed by atoms with Gasteiger partial charge in [0.2, 0.25) is 0 Å². The summed E-state index contributed by atoms with van der Waals surface area (Å²) >= 11 is 0. The third-order valence-corrected chi connectivity index (χ3v) is 5.44. The summed E-state index contributed by atoms with van der Waals surface area (Å²) in [7, 11) is 0. The molecule has 1 atom stereocenters. The molecule has 1 saturated carbocycles. The van der Waals surface area contributed by atoms with Crippen molar-refractivity contribution in [2.45, 2.75) is 57.4 Å². The molecule has 0 radical (unpaired) electrons. The summed E-state index contributed by atoms with van der Waals surface area (Å²) in [6.45, 7) is 4.40. The van der Waals surface area contributed by atoms with Crippen molar-refractivity contribution in [2.24, 2.45) is 0 Å². The van der Waals surface area contributed by atoms with E-state index in [9.17, 15) is 0 Å². The van der Waals surface area contributed by atoms with Gasteiger partial charge in [-0.3, -0.25) is 14.5 Å². The molecule has 2 aromatic rings. The Morgan fingerprint density at radius 3 is 2.57 bits per heavy atom. The lowest BCUT2D eigenvalue weighted by atomic mass is 9.93. The predicted molar refractivity (Wildman–Crippen MR) is 89.7 cm³/mol. The highest BCUT2D eigenvalue weighted by Crippen LogP contribution is 2.33. The normalized spacial score (nSPS) is 23.4. The Morgan fingerprint density at radius 1 is 0.957 bits per heavy atom. The number of piperidine rings is 1. The summed E-state index contributed by atoms with van der Waals surface area (Å²) in [6.07, 6.45) is 15.5. The highest BCUT2D eigenvalue weighted by Gasteiger charge is 2.30. The van der Waals surface area contributed by atoms with Crippen LogP contribution in [0.2, 0.25) is 0 Å². The van der Waals surface area contributed by atoms with Gasteiger partial charge >= 0.3 is 0 Å². The molecule has 2 fully saturated rings. The van der Waals surface area contributed by atoms with Crippen molar-refractivity contribution < 1.29 is 0 Å². The maximum Gasteiger partial charge on any atom is 0.160 e. The Labute approximate surface area is 137 Å². The molecule has 0 spiro atoms. The standard InChI is InChI=1S/C18H25N5/c1-14-19-10-12-23(14)18-17(20-8-9-21-18)15-5-4-11-22(13-15)16-6-2-3-7-16/h8-10,12,15-16H,2-7,11,13H2,1H3. The zero-order valence-electron chi connectivity index (χ0n) is 13.9. The molecule has 3 heterocycles. The molecule has 23 heavy (non-hydrogen) atoms. The van der Waals surface area contributed by atoms with Crippen LogP contribution in [-0.4, -0.2) is 43.6 Å². The van der Waals surface area contributed by atoms with Crippen molar-refractivity contribution in [1.82, 2.24) is 24.4 Å². The molecule has 5 nitrogen and oxygen atoms in total. The number of nitrogens with zero attached hydrogens (tertiary/aromatic N) is 5. The topological polar surface area (TPSA) is 46.8 Å². The average molecular weight is 311 g/mol. The van der Waals surface area contributed by atoms with E-state index in [1.165, 1.54) is 45.1 Å². The second-order valence-electron chi connectivity index (χ2n) is 6.88. The van der Waals surface area contributed by atoms with Gasteiger partial charge in [-0.05, 0) is 39.2 Å². The monoisotopic (exact) mass is 311 g/mol. The highest BCUT2D eigenvalue weighted by atomic mass is 15.2. The second-order valence-corrected chi connectivity index (χ2v) is 6.88. The molecular weight excluding hydrogens is 286 g/mol. The molecule has 0 bridgehead atoms. The zero-order valence-corrected chi connectivity index (χ0v) is 13.9. The minimum Gasteiger partial charge on any atom is -0.300 e. The number of hydrogen-bond acceptors (Lipinski definition) is 4. The van der Waals surface area contributed by atoms with Gasteiger partial charge in [0.1, 0.15) is 5.82 Å². The van der Waals surface area contributed by atoms with Crippen LogP contribution in [0.4, 0.5) is 0 Å². The quantitative estimate of drug-likeness (QED) is 0.874. The minimum absolute atomic E-state index is 0.481. The van der Waals surface area contributed by atoms with Gasteiger partial charge in [-0.1, -0.05) is 12.8 Å². The number of rotatable bonds is 3. The van der Waals surface area contributed by atoms with E-state index in [1.54, 1.807) is 6.20 Å². The average Bonchev–Trinajstić information content (AvgIpc) is 3.26. The van der Waals surface area contributed by atoms with Crippen LogP contribution in [0.3, 0.4) is 0 Å². The molecule has 2 aliphatic rings. The Kier molecular flexibility index (Phi) is 4.12. The molecule has 5 heteroatoms. The largest absolute Gasteiger partial charge is 0.300 e. The first-order valence-corrected chi connectivity index (χ1v) is 8.88. The maximum atomic E-state index is 4.72. The van der Waals surface area contributed by atoms with Gasteiger partial charge in [-0.2, -0.15) is 0 Å².